The SMILES string of the molecule is Cc1nn(CCc2ccc(CN3CCOCC3)cc2)c(Br)c1OCc1ccccc1. The summed E-state index contributed by atoms with van der Waals surface area (Å²) in [6.45, 7) is 8.04. The van der Waals surface area contributed by atoms with E-state index in [0.29, 0.717) is 6.61 Å². The number of morpholine rings is 1. The molecule has 2 aromatic carbocycles. The summed E-state index contributed by atoms with van der Waals surface area (Å²) in [6, 6.07) is 19.1. The van der Waals surface area contributed by atoms with Crippen LogP contribution in [0.3, 0.4) is 0 Å². The molecule has 1 saturated heterocycles. The molecule has 1 aliphatic heterocycles. The van der Waals surface area contributed by atoms with Crippen LogP contribution in [0.5, 0.6) is 5.75 Å². The first-order valence-electron chi connectivity index (χ1n) is 10.5. The summed E-state index contributed by atoms with van der Waals surface area (Å²) < 4.78 is 14.3. The minimum Gasteiger partial charge on any atom is -0.484 e. The van der Waals surface area contributed by atoms with Crippen molar-refractivity contribution in [3.8, 4) is 5.75 Å². The molecule has 0 unspecified atom stereocenters. The standard InChI is InChI=1S/C24H28BrN3O2/c1-19-23(30-18-22-5-3-2-4-6-22)24(25)28(26-19)12-11-20-7-9-21(10-8-20)17-27-13-15-29-16-14-27/h2-10H,11-18H2,1H3. The summed E-state index contributed by atoms with van der Waals surface area (Å²) in [6.07, 6.45) is 0.926. The van der Waals surface area contributed by atoms with Crippen LogP contribution < -0.4 is 4.74 Å². The summed E-state index contributed by atoms with van der Waals surface area (Å²) in [4.78, 5) is 2.44. The molecule has 2 heterocycles. The zero-order valence-corrected chi connectivity index (χ0v) is 19.0. The average molecular weight is 470 g/mol. The molecule has 0 aliphatic carbocycles. The van der Waals surface area contributed by atoms with Crippen LogP contribution >= 0.6 is 15.9 Å². The molecule has 0 spiro atoms. The van der Waals surface area contributed by atoms with Gasteiger partial charge >= 0.3 is 0 Å². The van der Waals surface area contributed by atoms with Crippen LogP contribution in [0.25, 0.3) is 0 Å². The molecule has 0 radical (unpaired) electrons. The Morgan fingerprint density at radius 1 is 0.967 bits per heavy atom. The number of aryl methyl sites for hydroxylation is 3. The minimum absolute atomic E-state index is 0.538. The topological polar surface area (TPSA) is 39.5 Å². The third kappa shape index (κ3) is 5.50. The lowest BCUT2D eigenvalue weighted by molar-refractivity contribution is 0.0342. The number of hydrogen-bond acceptors (Lipinski definition) is 4. The van der Waals surface area contributed by atoms with Gasteiger partial charge in [0.05, 0.1) is 13.2 Å². The highest BCUT2D eigenvalue weighted by Gasteiger charge is 2.15. The second kappa shape index (κ2) is 10.2. The predicted octanol–water partition coefficient (Wildman–Crippen LogP) is 4.61. The van der Waals surface area contributed by atoms with Crippen molar-refractivity contribution in [1.29, 1.82) is 0 Å². The largest absolute Gasteiger partial charge is 0.484 e. The maximum absolute atomic E-state index is 6.03. The first-order valence-corrected chi connectivity index (χ1v) is 11.3. The first kappa shape index (κ1) is 21.1. The molecule has 0 amide bonds. The maximum Gasteiger partial charge on any atom is 0.175 e. The summed E-state index contributed by atoms with van der Waals surface area (Å²) in [5, 5.41) is 4.66. The number of benzene rings is 2. The Kier molecular flexibility index (Phi) is 7.20. The Morgan fingerprint density at radius 3 is 2.40 bits per heavy atom. The molecule has 1 aliphatic rings. The van der Waals surface area contributed by atoms with Crippen molar-refractivity contribution in [2.24, 2.45) is 0 Å². The fourth-order valence-corrected chi connectivity index (χ4v) is 4.30. The van der Waals surface area contributed by atoms with E-state index in [1.807, 2.05) is 29.8 Å². The number of hydrogen-bond donors (Lipinski definition) is 0. The first-order chi connectivity index (χ1) is 14.7. The fraction of sp³-hybridized carbons (Fsp3) is 0.375. The van der Waals surface area contributed by atoms with Gasteiger partial charge in [0.15, 0.2) is 5.75 Å². The molecule has 0 N–H and O–H groups in total. The van der Waals surface area contributed by atoms with E-state index in [1.54, 1.807) is 0 Å². The molecular weight excluding hydrogens is 442 g/mol. The van der Waals surface area contributed by atoms with Crippen molar-refractivity contribution in [3.05, 3.63) is 81.6 Å². The van der Waals surface area contributed by atoms with Gasteiger partial charge in [-0.05, 0) is 46.0 Å². The summed E-state index contributed by atoms with van der Waals surface area (Å²) >= 11 is 3.68. The number of ether oxygens (including phenoxy) is 2. The van der Waals surface area contributed by atoms with E-state index in [4.69, 9.17) is 9.47 Å². The second-order valence-electron chi connectivity index (χ2n) is 7.66. The van der Waals surface area contributed by atoms with Crippen molar-refractivity contribution in [2.75, 3.05) is 26.3 Å². The predicted molar refractivity (Wildman–Crippen MR) is 122 cm³/mol. The van der Waals surface area contributed by atoms with E-state index in [0.717, 1.165) is 67.4 Å². The van der Waals surface area contributed by atoms with Gasteiger partial charge in [-0.25, -0.2) is 0 Å². The Morgan fingerprint density at radius 2 is 1.67 bits per heavy atom. The minimum atomic E-state index is 0.538. The van der Waals surface area contributed by atoms with Gasteiger partial charge in [-0.2, -0.15) is 5.10 Å². The molecule has 0 saturated carbocycles. The van der Waals surface area contributed by atoms with Gasteiger partial charge in [-0.15, -0.1) is 0 Å². The molecule has 1 fully saturated rings. The van der Waals surface area contributed by atoms with Crippen LogP contribution in [0.4, 0.5) is 0 Å². The summed E-state index contributed by atoms with van der Waals surface area (Å²) in [5.74, 6) is 0.819. The Balaban J connectivity index is 1.32. The molecular formula is C24H28BrN3O2. The molecule has 30 heavy (non-hydrogen) atoms. The van der Waals surface area contributed by atoms with E-state index >= 15 is 0 Å². The molecule has 0 atom stereocenters. The van der Waals surface area contributed by atoms with Crippen molar-refractivity contribution in [1.82, 2.24) is 14.7 Å². The molecule has 3 aromatic rings. The lowest BCUT2D eigenvalue weighted by Crippen LogP contribution is -2.35. The van der Waals surface area contributed by atoms with E-state index in [-0.39, 0.29) is 0 Å². The number of rotatable bonds is 8. The third-order valence-electron chi connectivity index (χ3n) is 5.38. The number of halogens is 1. The molecule has 1 aromatic heterocycles. The highest BCUT2D eigenvalue weighted by molar-refractivity contribution is 9.10. The number of aromatic nitrogens is 2. The van der Waals surface area contributed by atoms with E-state index in [9.17, 15) is 0 Å². The van der Waals surface area contributed by atoms with E-state index < -0.39 is 0 Å². The van der Waals surface area contributed by atoms with Crippen molar-refractivity contribution in [3.63, 3.8) is 0 Å². The van der Waals surface area contributed by atoms with Crippen molar-refractivity contribution < 1.29 is 9.47 Å². The van der Waals surface area contributed by atoms with E-state index in [1.165, 1.54) is 11.1 Å². The summed E-state index contributed by atoms with van der Waals surface area (Å²) in [5.41, 5.74) is 4.72. The monoisotopic (exact) mass is 469 g/mol. The normalized spacial score (nSPS) is 14.7. The van der Waals surface area contributed by atoms with Crippen LogP contribution in [0, 0.1) is 6.92 Å². The smallest absolute Gasteiger partial charge is 0.175 e. The molecule has 5 nitrogen and oxygen atoms in total. The van der Waals surface area contributed by atoms with Crippen LogP contribution in [0.2, 0.25) is 0 Å². The van der Waals surface area contributed by atoms with Gasteiger partial charge in [0.2, 0.25) is 0 Å². The Bertz CT molecular complexity index is 935. The number of nitrogens with zero attached hydrogens (tertiary/aromatic N) is 3. The van der Waals surface area contributed by atoms with Crippen LogP contribution in [0.1, 0.15) is 22.4 Å². The van der Waals surface area contributed by atoms with Crippen molar-refractivity contribution in [2.45, 2.75) is 33.0 Å². The lowest BCUT2D eigenvalue weighted by Gasteiger charge is -2.26. The van der Waals surface area contributed by atoms with Crippen LogP contribution in [0.15, 0.2) is 59.2 Å². The highest BCUT2D eigenvalue weighted by atomic mass is 79.9. The van der Waals surface area contributed by atoms with Crippen LogP contribution in [-0.4, -0.2) is 41.0 Å². The zero-order valence-electron chi connectivity index (χ0n) is 17.4. The van der Waals surface area contributed by atoms with Gasteiger partial charge in [0, 0.05) is 26.2 Å². The molecule has 158 valence electrons. The van der Waals surface area contributed by atoms with Gasteiger partial charge < -0.3 is 9.47 Å². The average Bonchev–Trinajstić information content (AvgIpc) is 3.06. The second-order valence-corrected chi connectivity index (χ2v) is 8.41. The molecule has 4 rings (SSSR count). The Labute approximate surface area is 186 Å². The van der Waals surface area contributed by atoms with Gasteiger partial charge in [-0.3, -0.25) is 9.58 Å². The molecule has 0 bridgehead atoms. The zero-order chi connectivity index (χ0) is 20.8. The maximum atomic E-state index is 6.03. The fourth-order valence-electron chi connectivity index (χ4n) is 3.64. The van der Waals surface area contributed by atoms with Gasteiger partial charge in [-0.1, -0.05) is 54.6 Å². The molecule has 6 heteroatoms. The highest BCUT2D eigenvalue weighted by Crippen LogP contribution is 2.29. The lowest BCUT2D eigenvalue weighted by atomic mass is 10.1. The van der Waals surface area contributed by atoms with Crippen LogP contribution in [-0.2, 0) is 30.9 Å². The van der Waals surface area contributed by atoms with Gasteiger partial charge in [0.1, 0.15) is 16.9 Å². The Hall–Kier alpha value is -2.15. The van der Waals surface area contributed by atoms with Crippen molar-refractivity contribution >= 4 is 15.9 Å². The quantitative estimate of drug-likeness (QED) is 0.482. The third-order valence-corrected chi connectivity index (χ3v) is 6.15. The van der Waals surface area contributed by atoms with E-state index in [2.05, 4.69) is 62.3 Å². The van der Waals surface area contributed by atoms with Gasteiger partial charge in [0.25, 0.3) is 0 Å². The summed E-state index contributed by atoms with van der Waals surface area (Å²) in [7, 11) is 0.